The van der Waals surface area contributed by atoms with E-state index in [-0.39, 0.29) is 11.4 Å². The summed E-state index contributed by atoms with van der Waals surface area (Å²) in [4.78, 5) is 17.9. The molecule has 4 rings (SSSR count). The van der Waals surface area contributed by atoms with Crippen molar-refractivity contribution in [3.63, 3.8) is 0 Å². The quantitative estimate of drug-likeness (QED) is 0.458. The normalized spacial score (nSPS) is 11.3. The number of para-hydroxylation sites is 1. The van der Waals surface area contributed by atoms with Gasteiger partial charge in [0.15, 0.2) is 0 Å². The van der Waals surface area contributed by atoms with Gasteiger partial charge in [-0.1, -0.05) is 41.9 Å². The number of aromatic nitrogens is 2. The second-order valence-corrected chi connectivity index (χ2v) is 6.74. The van der Waals surface area contributed by atoms with Crippen LogP contribution in [-0.2, 0) is 0 Å². The summed E-state index contributed by atoms with van der Waals surface area (Å²) in [7, 11) is 1.53. The Morgan fingerprint density at radius 1 is 1.03 bits per heavy atom. The largest absolute Gasteiger partial charge is 0.495 e. The molecular formula is C23H16ClFN2O2. The first-order valence-electron chi connectivity index (χ1n) is 8.86. The second kappa shape index (κ2) is 7.89. The Morgan fingerprint density at radius 2 is 1.79 bits per heavy atom. The van der Waals surface area contributed by atoms with Crippen LogP contribution in [0.5, 0.6) is 5.75 Å². The monoisotopic (exact) mass is 406 g/mol. The Morgan fingerprint density at radius 3 is 2.52 bits per heavy atom. The third-order valence-corrected chi connectivity index (χ3v) is 4.79. The Kier molecular flexibility index (Phi) is 5.14. The number of halogens is 2. The fraction of sp³-hybridized carbons (Fsp3) is 0.0435. The minimum Gasteiger partial charge on any atom is -0.495 e. The highest BCUT2D eigenvalue weighted by Gasteiger charge is 2.12. The minimum atomic E-state index is -0.309. The van der Waals surface area contributed by atoms with Gasteiger partial charge in [-0.15, -0.1) is 0 Å². The van der Waals surface area contributed by atoms with Crippen molar-refractivity contribution >= 4 is 34.7 Å². The number of ether oxygens (including phenoxy) is 1. The molecular weight excluding hydrogens is 391 g/mol. The molecule has 4 nitrogen and oxygen atoms in total. The number of rotatable bonds is 4. The zero-order chi connectivity index (χ0) is 20.4. The van der Waals surface area contributed by atoms with Crippen molar-refractivity contribution in [3.8, 4) is 11.4 Å². The minimum absolute atomic E-state index is 0.212. The van der Waals surface area contributed by atoms with Gasteiger partial charge in [-0.05, 0) is 54.1 Å². The van der Waals surface area contributed by atoms with Crippen LogP contribution >= 0.6 is 11.6 Å². The molecule has 0 N–H and O–H groups in total. The zero-order valence-corrected chi connectivity index (χ0v) is 16.2. The first kappa shape index (κ1) is 18.9. The Labute approximate surface area is 171 Å². The van der Waals surface area contributed by atoms with Crippen LogP contribution in [0, 0.1) is 5.82 Å². The molecule has 1 aromatic heterocycles. The van der Waals surface area contributed by atoms with Gasteiger partial charge in [-0.25, -0.2) is 9.37 Å². The van der Waals surface area contributed by atoms with Gasteiger partial charge in [0.25, 0.3) is 5.56 Å². The summed E-state index contributed by atoms with van der Waals surface area (Å²) >= 11 is 6.28. The molecule has 0 spiro atoms. The van der Waals surface area contributed by atoms with Gasteiger partial charge in [0.1, 0.15) is 17.4 Å². The van der Waals surface area contributed by atoms with E-state index in [0.717, 1.165) is 5.56 Å². The number of hydrogen-bond acceptors (Lipinski definition) is 3. The maximum Gasteiger partial charge on any atom is 0.266 e. The predicted octanol–water partition coefficient (Wildman–Crippen LogP) is 5.36. The average molecular weight is 407 g/mol. The molecule has 0 aliphatic carbocycles. The summed E-state index contributed by atoms with van der Waals surface area (Å²) in [5.74, 6) is 0.635. The first-order chi connectivity index (χ1) is 14.1. The Hall–Kier alpha value is -3.44. The molecule has 144 valence electrons. The lowest BCUT2D eigenvalue weighted by Crippen LogP contribution is -2.22. The van der Waals surface area contributed by atoms with E-state index in [2.05, 4.69) is 4.98 Å². The third kappa shape index (κ3) is 3.77. The smallest absolute Gasteiger partial charge is 0.266 e. The highest BCUT2D eigenvalue weighted by Crippen LogP contribution is 2.27. The van der Waals surface area contributed by atoms with Crippen molar-refractivity contribution in [2.24, 2.45) is 0 Å². The summed E-state index contributed by atoms with van der Waals surface area (Å²) in [6.07, 6.45) is 3.50. The van der Waals surface area contributed by atoms with Gasteiger partial charge in [-0.3, -0.25) is 9.36 Å². The summed E-state index contributed by atoms with van der Waals surface area (Å²) in [6.45, 7) is 0. The maximum atomic E-state index is 13.2. The van der Waals surface area contributed by atoms with Crippen molar-refractivity contribution in [2.75, 3.05) is 7.11 Å². The van der Waals surface area contributed by atoms with Crippen LogP contribution in [0.3, 0.4) is 0 Å². The van der Waals surface area contributed by atoms with E-state index in [1.165, 1.54) is 23.8 Å². The predicted molar refractivity (Wildman–Crippen MR) is 114 cm³/mol. The third-order valence-electron chi connectivity index (χ3n) is 4.49. The fourth-order valence-corrected chi connectivity index (χ4v) is 3.30. The van der Waals surface area contributed by atoms with Crippen LogP contribution < -0.4 is 10.3 Å². The van der Waals surface area contributed by atoms with Gasteiger partial charge in [0.2, 0.25) is 0 Å². The van der Waals surface area contributed by atoms with Gasteiger partial charge >= 0.3 is 0 Å². The first-order valence-corrected chi connectivity index (χ1v) is 9.24. The zero-order valence-electron chi connectivity index (χ0n) is 15.5. The molecule has 3 aromatic carbocycles. The molecule has 0 saturated carbocycles. The highest BCUT2D eigenvalue weighted by atomic mass is 35.5. The molecule has 1 heterocycles. The topological polar surface area (TPSA) is 44.1 Å². The van der Waals surface area contributed by atoms with E-state index in [4.69, 9.17) is 16.3 Å². The van der Waals surface area contributed by atoms with Crippen molar-refractivity contribution in [1.29, 1.82) is 0 Å². The average Bonchev–Trinajstić information content (AvgIpc) is 2.73. The van der Waals surface area contributed by atoms with E-state index in [9.17, 15) is 9.18 Å². The summed E-state index contributed by atoms with van der Waals surface area (Å²) < 4.78 is 19.9. The highest BCUT2D eigenvalue weighted by molar-refractivity contribution is 6.32. The Bertz CT molecular complexity index is 1280. The molecule has 0 aliphatic rings. The lowest BCUT2D eigenvalue weighted by molar-refractivity contribution is 0.415. The van der Waals surface area contributed by atoms with Crippen LogP contribution in [0.25, 0.3) is 28.7 Å². The number of fused-ring (bicyclic) bond motifs is 1. The lowest BCUT2D eigenvalue weighted by Gasteiger charge is -2.13. The number of methoxy groups -OCH3 is 1. The molecule has 4 aromatic rings. The van der Waals surface area contributed by atoms with Gasteiger partial charge in [-0.2, -0.15) is 0 Å². The molecule has 0 bridgehead atoms. The fourth-order valence-electron chi connectivity index (χ4n) is 3.05. The van der Waals surface area contributed by atoms with E-state index in [1.54, 1.807) is 60.7 Å². The molecule has 0 aliphatic heterocycles. The summed E-state index contributed by atoms with van der Waals surface area (Å²) in [5, 5.41) is 0.886. The van der Waals surface area contributed by atoms with E-state index >= 15 is 0 Å². The van der Waals surface area contributed by atoms with Crippen LogP contribution in [0.1, 0.15) is 11.4 Å². The SMILES string of the molecule is COc1ccc(-n2c(C=Cc3ccc(F)cc3)nc3ccccc3c2=O)cc1Cl. The summed E-state index contributed by atoms with van der Waals surface area (Å²) in [5.41, 5.74) is 1.73. The van der Waals surface area contributed by atoms with Crippen molar-refractivity contribution < 1.29 is 9.13 Å². The summed E-state index contributed by atoms with van der Waals surface area (Å²) in [6, 6.07) is 18.3. The van der Waals surface area contributed by atoms with Crippen LogP contribution in [-0.4, -0.2) is 16.7 Å². The van der Waals surface area contributed by atoms with E-state index in [0.29, 0.717) is 33.2 Å². The molecule has 0 unspecified atom stereocenters. The van der Waals surface area contributed by atoms with Crippen LogP contribution in [0.15, 0.2) is 71.5 Å². The maximum absolute atomic E-state index is 13.2. The Balaban J connectivity index is 1.92. The van der Waals surface area contributed by atoms with E-state index in [1.807, 2.05) is 6.07 Å². The van der Waals surface area contributed by atoms with E-state index < -0.39 is 0 Å². The number of benzene rings is 3. The molecule has 0 radical (unpaired) electrons. The molecule has 0 atom stereocenters. The molecule has 0 saturated heterocycles. The molecule has 29 heavy (non-hydrogen) atoms. The van der Waals surface area contributed by atoms with Crippen molar-refractivity contribution in [1.82, 2.24) is 9.55 Å². The second-order valence-electron chi connectivity index (χ2n) is 6.33. The lowest BCUT2D eigenvalue weighted by atomic mass is 10.2. The standard InChI is InChI=1S/C23H16ClFN2O2/c1-29-21-12-11-17(14-19(21)24)27-22(13-8-15-6-9-16(25)10-7-15)26-20-5-3-2-4-18(20)23(27)28/h2-14H,1H3. The van der Waals surface area contributed by atoms with Crippen molar-refractivity contribution in [2.45, 2.75) is 0 Å². The van der Waals surface area contributed by atoms with Gasteiger partial charge in [0.05, 0.1) is 28.7 Å². The molecule has 0 fully saturated rings. The van der Waals surface area contributed by atoms with Crippen LogP contribution in [0.4, 0.5) is 4.39 Å². The van der Waals surface area contributed by atoms with Gasteiger partial charge in [0, 0.05) is 0 Å². The molecule has 6 heteroatoms. The van der Waals surface area contributed by atoms with Crippen LogP contribution in [0.2, 0.25) is 5.02 Å². The van der Waals surface area contributed by atoms with Crippen molar-refractivity contribution in [3.05, 3.63) is 99.3 Å². The van der Waals surface area contributed by atoms with Gasteiger partial charge < -0.3 is 4.74 Å². The number of nitrogens with zero attached hydrogens (tertiary/aromatic N) is 2. The number of hydrogen-bond donors (Lipinski definition) is 0. The molecule has 0 amide bonds.